The predicted octanol–water partition coefficient (Wildman–Crippen LogP) is 25.6. The summed E-state index contributed by atoms with van der Waals surface area (Å²) in [5.74, 6) is 0. The summed E-state index contributed by atoms with van der Waals surface area (Å²) in [6.45, 7) is 0. The van der Waals surface area contributed by atoms with Crippen LogP contribution in [0.15, 0.2) is 370 Å². The Morgan fingerprint density at radius 2 is 0.412 bits per heavy atom. The van der Waals surface area contributed by atoms with Gasteiger partial charge in [-0.05, 0) is 145 Å². The van der Waals surface area contributed by atoms with Crippen molar-refractivity contribution in [2.45, 2.75) is 0 Å². The van der Waals surface area contributed by atoms with Crippen LogP contribution in [0.5, 0.6) is 0 Å². The molecule has 0 aliphatic carbocycles. The van der Waals surface area contributed by atoms with E-state index in [-0.39, 0.29) is 0 Å². The highest BCUT2D eigenvalue weighted by molar-refractivity contribution is 6.19. The molecule has 0 unspecified atom stereocenters. The molecule has 20 rings (SSSR count). The van der Waals surface area contributed by atoms with Gasteiger partial charge in [0.05, 0.1) is 66.9 Å². The molecule has 0 fully saturated rings. The van der Waals surface area contributed by atoms with Crippen LogP contribution in [0.4, 0.5) is 0 Å². The highest BCUT2D eigenvalue weighted by atomic mass is 15.1. The van der Waals surface area contributed by atoms with Crippen molar-refractivity contribution in [3.8, 4) is 107 Å². The summed E-state index contributed by atoms with van der Waals surface area (Å²) in [5.41, 5.74) is 27.1. The van der Waals surface area contributed by atoms with Gasteiger partial charge in [-0.1, -0.05) is 297 Å². The Kier molecular flexibility index (Phi) is 13.6. The minimum atomic E-state index is 0.506. The number of nitrogens with zero attached hydrogens (tertiary/aromatic N) is 5. The van der Waals surface area contributed by atoms with Crippen molar-refractivity contribution < 1.29 is 0 Å². The van der Waals surface area contributed by atoms with Crippen molar-refractivity contribution in [1.29, 1.82) is 5.26 Å². The molecule has 0 radical (unpaired) electrons. The van der Waals surface area contributed by atoms with Gasteiger partial charge in [0.1, 0.15) is 11.6 Å². The van der Waals surface area contributed by atoms with E-state index in [1.165, 1.54) is 0 Å². The van der Waals surface area contributed by atoms with Crippen LogP contribution in [0, 0.1) is 11.3 Å². The third-order valence-corrected chi connectivity index (χ3v) is 21.0. The van der Waals surface area contributed by atoms with E-state index in [2.05, 4.69) is 394 Å². The topological polar surface area (TPSA) is 43.5 Å². The SMILES string of the molecule is N#Cc1c(-n2c3ccccc3c3ccccc32)c(-n2c3ccc(-c4ccccc4)cc3c3cc(-c4ccccc4-c4ccccc4)ccc32)c(-c2ccccc2)c(-n2c3ccc(-c4ccccc4)cc3c3cc(-c4ccccc4-c4ccccc4)ccc32)c1-n1c2ccccc2c2ccccc21. The van der Waals surface area contributed by atoms with Crippen LogP contribution >= 0.6 is 0 Å². The summed E-state index contributed by atoms with van der Waals surface area (Å²) in [5, 5.41) is 22.1. The molecule has 102 heavy (non-hydrogen) atoms. The number of hydrogen-bond donors (Lipinski definition) is 0. The summed E-state index contributed by atoms with van der Waals surface area (Å²) in [4.78, 5) is 0. The van der Waals surface area contributed by atoms with E-state index in [1.54, 1.807) is 0 Å². The van der Waals surface area contributed by atoms with Crippen molar-refractivity contribution >= 4 is 87.2 Å². The molecule has 5 heteroatoms. The fraction of sp³-hybridized carbons (Fsp3) is 0. The zero-order valence-corrected chi connectivity index (χ0v) is 55.5. The Morgan fingerprint density at radius 1 is 0.176 bits per heavy atom. The lowest BCUT2D eigenvalue weighted by molar-refractivity contribution is 1.04. The van der Waals surface area contributed by atoms with Crippen LogP contribution in [-0.4, -0.2) is 18.3 Å². The molecule has 474 valence electrons. The van der Waals surface area contributed by atoms with E-state index in [4.69, 9.17) is 0 Å². The largest absolute Gasteiger partial charge is 0.306 e. The van der Waals surface area contributed by atoms with Gasteiger partial charge in [0.25, 0.3) is 0 Å². The maximum Gasteiger partial charge on any atom is 0.104 e. The van der Waals surface area contributed by atoms with Gasteiger partial charge in [0.15, 0.2) is 0 Å². The Hall–Kier alpha value is -13.8. The first-order chi connectivity index (χ1) is 50.6. The quantitative estimate of drug-likeness (QED) is 0.127. The Bertz CT molecular complexity index is 6300. The molecular weight excluding hydrogens is 1240 g/mol. The molecule has 0 atom stereocenters. The molecule has 0 saturated heterocycles. The molecule has 5 nitrogen and oxygen atoms in total. The second kappa shape index (κ2) is 23.7. The molecule has 0 aliphatic heterocycles. The van der Waals surface area contributed by atoms with Crippen molar-refractivity contribution in [1.82, 2.24) is 18.3 Å². The molecule has 4 aromatic heterocycles. The molecule has 20 aromatic rings. The maximum absolute atomic E-state index is 13.4. The average molecular weight is 1300 g/mol. The molecule has 0 spiro atoms. The smallest absolute Gasteiger partial charge is 0.104 e. The van der Waals surface area contributed by atoms with Crippen LogP contribution in [-0.2, 0) is 0 Å². The van der Waals surface area contributed by atoms with Crippen molar-refractivity contribution in [3.05, 3.63) is 376 Å². The predicted molar refractivity (Wildman–Crippen MR) is 427 cm³/mol. The number of rotatable bonds is 11. The van der Waals surface area contributed by atoms with Gasteiger partial charge in [-0.25, -0.2) is 0 Å². The van der Waals surface area contributed by atoms with Gasteiger partial charge in [-0.15, -0.1) is 0 Å². The highest BCUT2D eigenvalue weighted by Crippen LogP contribution is 2.53. The number of nitriles is 1. The molecular formula is C97H61N5. The summed E-state index contributed by atoms with van der Waals surface area (Å²) < 4.78 is 9.88. The Labute approximate surface area is 589 Å². The first kappa shape index (κ1) is 58.4. The Morgan fingerprint density at radius 3 is 0.735 bits per heavy atom. The summed E-state index contributed by atoms with van der Waals surface area (Å²) in [6.07, 6.45) is 0. The van der Waals surface area contributed by atoms with Crippen molar-refractivity contribution in [2.75, 3.05) is 0 Å². The fourth-order valence-electron chi connectivity index (χ4n) is 16.6. The van der Waals surface area contributed by atoms with Crippen LogP contribution < -0.4 is 0 Å². The zero-order chi connectivity index (χ0) is 67.4. The number of aromatic nitrogens is 4. The van der Waals surface area contributed by atoms with Crippen LogP contribution in [0.1, 0.15) is 5.56 Å². The number of fused-ring (bicyclic) bond motifs is 12. The Balaban J connectivity index is 1.03. The third kappa shape index (κ3) is 9.10. The normalized spacial score (nSPS) is 11.7. The standard InChI is InChI=1S/C97H61N5/c98-62-84-94(99-85-46-24-20-42-76(85)77-43-21-25-47-86(77)99)96(101-89-54-50-68(63-28-6-1-7-29-63)58-80(89)82-60-70(52-56-91(82)101)74-40-18-16-38-72(74)65-32-10-3-11-33-65)93(67-36-14-5-15-37-67)97(95(84)100-87-48-26-22-44-78(87)79-45-23-27-49-88(79)100)102-90-55-51-69(64-30-8-2-9-31-64)59-81(90)83-61-71(53-57-92(83)102)75-41-19-17-39-73(75)66-34-12-4-13-35-66/h1-61H. The van der Waals surface area contributed by atoms with E-state index in [1.807, 2.05) is 0 Å². The number of benzene rings is 16. The van der Waals surface area contributed by atoms with Gasteiger partial charge in [-0.2, -0.15) is 5.26 Å². The summed E-state index contributed by atoms with van der Waals surface area (Å²) in [7, 11) is 0. The second-order valence-corrected chi connectivity index (χ2v) is 26.5. The lowest BCUT2D eigenvalue weighted by atomic mass is 9.93. The van der Waals surface area contributed by atoms with Gasteiger partial charge in [-0.3, -0.25) is 0 Å². The molecule has 0 saturated carbocycles. The molecule has 0 bridgehead atoms. The second-order valence-electron chi connectivity index (χ2n) is 26.5. The van der Waals surface area contributed by atoms with Crippen LogP contribution in [0.3, 0.4) is 0 Å². The number of hydrogen-bond acceptors (Lipinski definition) is 1. The molecule has 0 N–H and O–H groups in total. The highest BCUT2D eigenvalue weighted by Gasteiger charge is 2.35. The van der Waals surface area contributed by atoms with E-state index in [0.29, 0.717) is 5.56 Å². The first-order valence-electron chi connectivity index (χ1n) is 34.9. The fourth-order valence-corrected chi connectivity index (χ4v) is 16.6. The van der Waals surface area contributed by atoms with Crippen molar-refractivity contribution in [2.24, 2.45) is 0 Å². The van der Waals surface area contributed by atoms with Gasteiger partial charge < -0.3 is 18.3 Å². The summed E-state index contributed by atoms with van der Waals surface area (Å²) in [6, 6.07) is 138. The minimum Gasteiger partial charge on any atom is -0.306 e. The third-order valence-electron chi connectivity index (χ3n) is 21.0. The first-order valence-corrected chi connectivity index (χ1v) is 34.9. The van der Waals surface area contributed by atoms with E-state index < -0.39 is 0 Å². The van der Waals surface area contributed by atoms with Gasteiger partial charge >= 0.3 is 0 Å². The average Bonchev–Trinajstić information content (AvgIpc) is 1.45. The molecule has 0 amide bonds. The molecule has 0 aliphatic rings. The van der Waals surface area contributed by atoms with E-state index in [0.717, 1.165) is 188 Å². The summed E-state index contributed by atoms with van der Waals surface area (Å²) >= 11 is 0. The monoisotopic (exact) mass is 1300 g/mol. The maximum atomic E-state index is 13.4. The lowest BCUT2D eigenvalue weighted by Crippen LogP contribution is -2.16. The van der Waals surface area contributed by atoms with Gasteiger partial charge in [0.2, 0.25) is 0 Å². The number of para-hydroxylation sites is 4. The van der Waals surface area contributed by atoms with Crippen LogP contribution in [0.25, 0.3) is 188 Å². The van der Waals surface area contributed by atoms with E-state index in [9.17, 15) is 5.26 Å². The van der Waals surface area contributed by atoms with E-state index >= 15 is 0 Å². The van der Waals surface area contributed by atoms with Gasteiger partial charge in [0, 0.05) is 48.7 Å². The molecule has 4 heterocycles. The van der Waals surface area contributed by atoms with Crippen LogP contribution in [0.2, 0.25) is 0 Å². The molecule has 16 aromatic carbocycles. The van der Waals surface area contributed by atoms with Crippen molar-refractivity contribution in [3.63, 3.8) is 0 Å². The minimum absolute atomic E-state index is 0.506. The zero-order valence-electron chi connectivity index (χ0n) is 55.5. The lowest BCUT2D eigenvalue weighted by Gasteiger charge is -2.29.